The SMILES string of the molecule is CC(C)c1ccc(-n2ccnc2SCC(=O)N2CCCC2)cc1. The molecular weight excluding hydrogens is 306 g/mol. The monoisotopic (exact) mass is 329 g/mol. The number of thioether (sulfide) groups is 1. The molecule has 1 aliphatic heterocycles. The number of amides is 1. The Morgan fingerprint density at radius 2 is 1.91 bits per heavy atom. The van der Waals surface area contributed by atoms with Gasteiger partial charge in [0.15, 0.2) is 5.16 Å². The summed E-state index contributed by atoms with van der Waals surface area (Å²) in [5, 5.41) is 0.870. The van der Waals surface area contributed by atoms with E-state index in [1.54, 1.807) is 6.20 Å². The van der Waals surface area contributed by atoms with E-state index in [1.165, 1.54) is 17.3 Å². The Labute approximate surface area is 141 Å². The second-order valence-electron chi connectivity index (χ2n) is 6.20. The normalized spacial score (nSPS) is 14.7. The summed E-state index contributed by atoms with van der Waals surface area (Å²) in [7, 11) is 0. The molecule has 2 aromatic rings. The molecule has 1 aliphatic rings. The Hall–Kier alpha value is -1.75. The molecule has 1 amide bonds. The van der Waals surface area contributed by atoms with Gasteiger partial charge in [-0.25, -0.2) is 4.98 Å². The van der Waals surface area contributed by atoms with Gasteiger partial charge in [0.2, 0.25) is 5.91 Å². The molecule has 5 heteroatoms. The van der Waals surface area contributed by atoms with E-state index in [2.05, 4.69) is 43.1 Å². The number of nitrogens with zero attached hydrogens (tertiary/aromatic N) is 3. The van der Waals surface area contributed by atoms with E-state index in [4.69, 9.17) is 0 Å². The van der Waals surface area contributed by atoms with Crippen molar-refractivity contribution in [1.29, 1.82) is 0 Å². The Bertz CT molecular complexity index is 657. The topological polar surface area (TPSA) is 38.1 Å². The molecule has 0 aliphatic carbocycles. The second-order valence-corrected chi connectivity index (χ2v) is 7.15. The molecule has 4 nitrogen and oxygen atoms in total. The molecule has 3 rings (SSSR count). The van der Waals surface area contributed by atoms with Gasteiger partial charge in [0, 0.05) is 31.2 Å². The molecule has 0 N–H and O–H groups in total. The number of imidazole rings is 1. The number of aromatic nitrogens is 2. The first kappa shape index (κ1) is 16.1. The summed E-state index contributed by atoms with van der Waals surface area (Å²) in [6, 6.07) is 8.54. The molecule has 0 unspecified atom stereocenters. The maximum atomic E-state index is 12.2. The summed E-state index contributed by atoms with van der Waals surface area (Å²) in [6.45, 7) is 6.20. The van der Waals surface area contributed by atoms with E-state index in [0.717, 1.165) is 36.8 Å². The van der Waals surface area contributed by atoms with E-state index in [1.807, 2.05) is 15.7 Å². The van der Waals surface area contributed by atoms with Crippen molar-refractivity contribution in [3.8, 4) is 5.69 Å². The Kier molecular flexibility index (Phi) is 5.06. The third-order valence-corrected chi connectivity index (χ3v) is 5.18. The molecule has 1 fully saturated rings. The van der Waals surface area contributed by atoms with Crippen molar-refractivity contribution >= 4 is 17.7 Å². The first-order chi connectivity index (χ1) is 11.1. The van der Waals surface area contributed by atoms with Crippen LogP contribution in [0.15, 0.2) is 41.8 Å². The maximum Gasteiger partial charge on any atom is 0.233 e. The second kappa shape index (κ2) is 7.21. The third kappa shape index (κ3) is 3.78. The highest BCUT2D eigenvalue weighted by Crippen LogP contribution is 2.23. The molecule has 1 aromatic heterocycles. The average molecular weight is 329 g/mol. The minimum absolute atomic E-state index is 0.220. The quantitative estimate of drug-likeness (QED) is 0.785. The van der Waals surface area contributed by atoms with Gasteiger partial charge in [-0.3, -0.25) is 9.36 Å². The smallest absolute Gasteiger partial charge is 0.233 e. The van der Waals surface area contributed by atoms with Gasteiger partial charge in [-0.2, -0.15) is 0 Å². The third-order valence-electron chi connectivity index (χ3n) is 4.23. The van der Waals surface area contributed by atoms with Gasteiger partial charge in [-0.1, -0.05) is 37.7 Å². The molecule has 23 heavy (non-hydrogen) atoms. The molecule has 0 spiro atoms. The highest BCUT2D eigenvalue weighted by atomic mass is 32.2. The van der Waals surface area contributed by atoms with Crippen LogP contribution in [0.3, 0.4) is 0 Å². The van der Waals surface area contributed by atoms with Crippen LogP contribution in [0, 0.1) is 0 Å². The van der Waals surface area contributed by atoms with Crippen LogP contribution in [0.4, 0.5) is 0 Å². The van der Waals surface area contributed by atoms with E-state index in [9.17, 15) is 4.79 Å². The van der Waals surface area contributed by atoms with Gasteiger partial charge in [0.1, 0.15) is 0 Å². The maximum absolute atomic E-state index is 12.2. The van der Waals surface area contributed by atoms with Crippen molar-refractivity contribution in [2.75, 3.05) is 18.8 Å². The lowest BCUT2D eigenvalue weighted by atomic mass is 10.0. The average Bonchev–Trinajstić information content (AvgIpc) is 3.24. The number of likely N-dealkylation sites (tertiary alicyclic amines) is 1. The van der Waals surface area contributed by atoms with Crippen LogP contribution in [-0.2, 0) is 4.79 Å². The fraction of sp³-hybridized carbons (Fsp3) is 0.444. The Balaban J connectivity index is 1.68. The van der Waals surface area contributed by atoms with E-state index in [-0.39, 0.29) is 5.91 Å². The summed E-state index contributed by atoms with van der Waals surface area (Å²) in [5.74, 6) is 1.21. The zero-order valence-electron chi connectivity index (χ0n) is 13.7. The summed E-state index contributed by atoms with van der Waals surface area (Å²) in [4.78, 5) is 18.5. The summed E-state index contributed by atoms with van der Waals surface area (Å²) >= 11 is 1.51. The highest BCUT2D eigenvalue weighted by molar-refractivity contribution is 7.99. The molecule has 122 valence electrons. The van der Waals surface area contributed by atoms with E-state index < -0.39 is 0 Å². The van der Waals surface area contributed by atoms with Crippen LogP contribution < -0.4 is 0 Å². The van der Waals surface area contributed by atoms with Crippen molar-refractivity contribution in [2.45, 2.75) is 37.8 Å². The molecule has 0 saturated carbocycles. The van der Waals surface area contributed by atoms with Crippen LogP contribution in [0.1, 0.15) is 38.2 Å². The molecule has 0 radical (unpaired) electrons. The van der Waals surface area contributed by atoms with Crippen LogP contribution in [-0.4, -0.2) is 39.2 Å². The minimum atomic E-state index is 0.220. The summed E-state index contributed by atoms with van der Waals surface area (Å²) in [5.41, 5.74) is 2.41. The number of carbonyl (C=O) groups excluding carboxylic acids is 1. The molecule has 1 saturated heterocycles. The van der Waals surface area contributed by atoms with Crippen LogP contribution in [0.2, 0.25) is 0 Å². The zero-order chi connectivity index (χ0) is 16.2. The predicted octanol–water partition coefficient (Wildman–Crippen LogP) is 3.71. The largest absolute Gasteiger partial charge is 0.342 e. The predicted molar refractivity (Wildman–Crippen MR) is 94.2 cm³/mol. The van der Waals surface area contributed by atoms with Crippen molar-refractivity contribution in [3.05, 3.63) is 42.2 Å². The summed E-state index contributed by atoms with van der Waals surface area (Å²) < 4.78 is 2.05. The number of benzene rings is 1. The lowest BCUT2D eigenvalue weighted by Crippen LogP contribution is -2.29. The van der Waals surface area contributed by atoms with Crippen LogP contribution in [0.25, 0.3) is 5.69 Å². The van der Waals surface area contributed by atoms with Crippen LogP contribution in [0.5, 0.6) is 0 Å². The van der Waals surface area contributed by atoms with Gasteiger partial charge >= 0.3 is 0 Å². The standard InChI is InChI=1S/C18H23N3OS/c1-14(2)15-5-7-16(8-6-15)21-12-9-19-18(21)23-13-17(22)20-10-3-4-11-20/h5-9,12,14H,3-4,10-11,13H2,1-2H3. The van der Waals surface area contributed by atoms with Gasteiger partial charge < -0.3 is 4.90 Å². The summed E-state index contributed by atoms with van der Waals surface area (Å²) in [6.07, 6.45) is 6.01. The first-order valence-corrected chi connectivity index (χ1v) is 9.18. The fourth-order valence-corrected chi connectivity index (χ4v) is 3.67. The van der Waals surface area contributed by atoms with Crippen molar-refractivity contribution in [3.63, 3.8) is 0 Å². The Morgan fingerprint density at radius 3 is 2.57 bits per heavy atom. The van der Waals surface area contributed by atoms with Crippen molar-refractivity contribution < 1.29 is 4.79 Å². The van der Waals surface area contributed by atoms with Gasteiger partial charge in [0.25, 0.3) is 0 Å². The lowest BCUT2D eigenvalue weighted by Gasteiger charge is -2.15. The molecule has 1 aromatic carbocycles. The van der Waals surface area contributed by atoms with Gasteiger partial charge in [0.05, 0.1) is 5.75 Å². The number of hydrogen-bond acceptors (Lipinski definition) is 3. The molecule has 0 bridgehead atoms. The van der Waals surface area contributed by atoms with E-state index in [0.29, 0.717) is 11.7 Å². The van der Waals surface area contributed by atoms with Gasteiger partial charge in [-0.05, 0) is 36.5 Å². The Morgan fingerprint density at radius 1 is 1.22 bits per heavy atom. The van der Waals surface area contributed by atoms with E-state index >= 15 is 0 Å². The molecule has 0 atom stereocenters. The molecular formula is C18H23N3OS. The van der Waals surface area contributed by atoms with Crippen molar-refractivity contribution in [1.82, 2.24) is 14.5 Å². The number of carbonyl (C=O) groups is 1. The lowest BCUT2D eigenvalue weighted by molar-refractivity contribution is -0.127. The van der Waals surface area contributed by atoms with Gasteiger partial charge in [-0.15, -0.1) is 0 Å². The first-order valence-electron chi connectivity index (χ1n) is 8.19. The zero-order valence-corrected chi connectivity index (χ0v) is 14.6. The van der Waals surface area contributed by atoms with Crippen molar-refractivity contribution in [2.24, 2.45) is 0 Å². The fourth-order valence-electron chi connectivity index (χ4n) is 2.80. The number of hydrogen-bond donors (Lipinski definition) is 0. The highest BCUT2D eigenvalue weighted by Gasteiger charge is 2.18. The molecule has 2 heterocycles. The number of rotatable bonds is 5. The van der Waals surface area contributed by atoms with Crippen LogP contribution >= 0.6 is 11.8 Å². The minimum Gasteiger partial charge on any atom is -0.342 e.